The predicted octanol–water partition coefficient (Wildman–Crippen LogP) is 0.718. The lowest BCUT2D eigenvalue weighted by Crippen LogP contribution is -1.53. The minimum atomic E-state index is 0.403. The highest BCUT2D eigenvalue weighted by Gasteiger charge is 1.74. The van der Waals surface area contributed by atoms with Crippen molar-refractivity contribution < 1.29 is 1.37 Å². The molecule has 0 radical (unpaired) electrons. The summed E-state index contributed by atoms with van der Waals surface area (Å²) in [5.74, 6) is 0. The van der Waals surface area contributed by atoms with Crippen LogP contribution in [0, 0.1) is 6.92 Å². The Hall–Kier alpha value is -0.790. The monoisotopic (exact) mass is 84.1 g/mol. The van der Waals surface area contributed by atoms with Crippen molar-refractivity contribution >= 4 is 0 Å². The Balaban J connectivity index is 3.12. The molecule has 1 N–H and O–H groups in total. The van der Waals surface area contributed by atoms with E-state index in [1.165, 1.54) is 0 Å². The van der Waals surface area contributed by atoms with Gasteiger partial charge in [0.25, 0.3) is 0 Å². The number of hydrogen-bond acceptors (Lipinski definition) is 1. The van der Waals surface area contributed by atoms with Crippen LogP contribution in [0.5, 0.6) is 0 Å². The first kappa shape index (κ1) is 2.39. The van der Waals surface area contributed by atoms with Crippen LogP contribution in [0.1, 0.15) is 6.93 Å². The summed E-state index contributed by atoms with van der Waals surface area (Å²) in [7, 11) is 0. The maximum Gasteiger partial charge on any atom is 0.0837 e. The number of hydrogen-bond donors (Lipinski definition) is 1. The Morgan fingerprint density at radius 2 is 3.00 bits per heavy atom. The van der Waals surface area contributed by atoms with Crippen molar-refractivity contribution in [3.8, 4) is 0 Å². The zero-order valence-electron chi connectivity index (χ0n) is 4.52. The molecular formula is C4H6N2. The lowest BCUT2D eigenvalue weighted by atomic mass is 10.4. The largest absolute Gasteiger partial charge is 0.285 e. The lowest BCUT2D eigenvalue weighted by molar-refractivity contribution is 1.09. The molecule has 1 rings (SSSR count). The number of H-pyrrole nitrogens is 1. The van der Waals surface area contributed by atoms with Gasteiger partial charge in [0.15, 0.2) is 0 Å². The third kappa shape index (κ3) is 0.407. The van der Waals surface area contributed by atoms with Crippen LogP contribution in [0.25, 0.3) is 0 Å². The molecule has 0 aromatic carbocycles. The van der Waals surface area contributed by atoms with Crippen LogP contribution in [0.15, 0.2) is 12.4 Å². The van der Waals surface area contributed by atoms with Crippen LogP contribution in [0.4, 0.5) is 0 Å². The third-order valence-corrected chi connectivity index (χ3v) is 0.576. The van der Waals surface area contributed by atoms with Crippen molar-refractivity contribution in [3.05, 3.63) is 17.9 Å². The van der Waals surface area contributed by atoms with Gasteiger partial charge >= 0.3 is 0 Å². The minimum Gasteiger partial charge on any atom is -0.285 e. The Kier molecular flexibility index (Phi) is 0.449. The van der Waals surface area contributed by atoms with Crippen LogP contribution < -0.4 is 0 Å². The van der Waals surface area contributed by atoms with Gasteiger partial charge in [-0.1, -0.05) is 0 Å². The molecule has 0 aliphatic rings. The van der Waals surface area contributed by atoms with E-state index < -0.39 is 0 Å². The molecule has 1 aromatic heterocycles. The molecule has 0 amide bonds. The molecule has 0 bridgehead atoms. The average Bonchev–Trinajstić information content (AvgIpc) is 1.91. The van der Waals surface area contributed by atoms with Crippen LogP contribution in [-0.2, 0) is 0 Å². The van der Waals surface area contributed by atoms with Crippen molar-refractivity contribution in [2.75, 3.05) is 0 Å². The number of aryl methyl sites for hydroxylation is 1. The van der Waals surface area contributed by atoms with Gasteiger partial charge in [-0.25, -0.2) is 0 Å². The van der Waals surface area contributed by atoms with Gasteiger partial charge in [-0.2, -0.15) is 5.10 Å². The first-order valence-electron chi connectivity index (χ1n) is 2.27. The Morgan fingerprint density at radius 3 is 3.17 bits per heavy atom. The second-order valence-corrected chi connectivity index (χ2v) is 1.18. The highest BCUT2D eigenvalue weighted by atomic mass is 15.1. The van der Waals surface area contributed by atoms with Crippen molar-refractivity contribution in [2.45, 2.75) is 6.92 Å². The third-order valence-electron chi connectivity index (χ3n) is 0.576. The zero-order valence-corrected chi connectivity index (χ0v) is 3.52. The molecule has 0 saturated carbocycles. The van der Waals surface area contributed by atoms with Crippen LogP contribution in [-0.4, -0.2) is 10.2 Å². The highest BCUT2D eigenvalue weighted by Crippen LogP contribution is 1.84. The highest BCUT2D eigenvalue weighted by molar-refractivity contribution is 4.96. The van der Waals surface area contributed by atoms with Crippen LogP contribution >= 0.6 is 0 Å². The lowest BCUT2D eigenvalue weighted by Gasteiger charge is -1.62. The molecule has 1 heterocycles. The first-order valence-corrected chi connectivity index (χ1v) is 1.77. The summed E-state index contributed by atoms with van der Waals surface area (Å²) in [5.41, 5.74) is 0.889. The molecular weight excluding hydrogens is 76.1 g/mol. The van der Waals surface area contributed by atoms with E-state index in [-0.39, 0.29) is 0 Å². The summed E-state index contributed by atoms with van der Waals surface area (Å²) in [6, 6.07) is 0. The number of rotatable bonds is 0. The fraction of sp³-hybridized carbons (Fsp3) is 0.250. The summed E-state index contributed by atoms with van der Waals surface area (Å²) in [6.07, 6.45) is 2.03. The van der Waals surface area contributed by atoms with Gasteiger partial charge in [-0.05, 0) is 12.5 Å². The Bertz CT molecular complexity index is 142. The smallest absolute Gasteiger partial charge is 0.0837 e. The van der Waals surface area contributed by atoms with E-state index in [1.807, 2.05) is 6.92 Å². The fourth-order valence-electron chi connectivity index (χ4n) is 0.282. The molecule has 2 heteroatoms. The van der Waals surface area contributed by atoms with E-state index in [0.717, 1.165) is 5.56 Å². The van der Waals surface area contributed by atoms with Crippen LogP contribution in [0.3, 0.4) is 0 Å². The normalized spacial score (nSPS) is 11.2. The average molecular weight is 84.1 g/mol. The predicted molar refractivity (Wildman–Crippen MR) is 23.3 cm³/mol. The molecule has 0 aliphatic heterocycles. The van der Waals surface area contributed by atoms with E-state index in [4.69, 9.17) is 1.37 Å². The second-order valence-electron chi connectivity index (χ2n) is 1.18. The number of nitrogens with zero attached hydrogens (tertiary/aromatic N) is 1. The molecule has 0 unspecified atom stereocenters. The molecule has 0 fully saturated rings. The van der Waals surface area contributed by atoms with Crippen molar-refractivity contribution in [3.63, 3.8) is 0 Å². The second kappa shape index (κ2) is 1.12. The molecule has 0 spiro atoms. The summed E-state index contributed by atoms with van der Waals surface area (Å²) >= 11 is 0. The molecule has 32 valence electrons. The summed E-state index contributed by atoms with van der Waals surface area (Å²) in [6.45, 7) is 1.84. The molecule has 0 atom stereocenters. The first-order chi connectivity index (χ1) is 3.30. The van der Waals surface area contributed by atoms with Gasteiger partial charge in [0.05, 0.1) is 7.57 Å². The SMILES string of the molecule is [3H]c1[nH]ncc1C. The molecule has 6 heavy (non-hydrogen) atoms. The van der Waals surface area contributed by atoms with E-state index >= 15 is 0 Å². The van der Waals surface area contributed by atoms with Crippen molar-refractivity contribution in [1.29, 1.82) is 0 Å². The van der Waals surface area contributed by atoms with Gasteiger partial charge in [-0.3, -0.25) is 5.10 Å². The van der Waals surface area contributed by atoms with E-state index in [1.54, 1.807) is 6.20 Å². The standard InChI is InChI=1S/C4H6N2/c1-4-2-5-6-3-4/h2-3H,1H3,(H,5,6)/i2T. The Labute approximate surface area is 37.6 Å². The number of aromatic nitrogens is 2. The van der Waals surface area contributed by atoms with E-state index in [9.17, 15) is 0 Å². The molecule has 1 aromatic rings. The molecule has 2 nitrogen and oxygen atoms in total. The summed E-state index contributed by atoms with van der Waals surface area (Å²) in [5, 5.41) is 6.09. The number of nitrogens with one attached hydrogen (secondary N) is 1. The van der Waals surface area contributed by atoms with Gasteiger partial charge in [0.2, 0.25) is 0 Å². The van der Waals surface area contributed by atoms with Crippen molar-refractivity contribution in [2.24, 2.45) is 0 Å². The maximum absolute atomic E-state index is 6.98. The molecule has 0 saturated heterocycles. The fourth-order valence-corrected chi connectivity index (χ4v) is 0.282. The quantitative estimate of drug-likeness (QED) is 0.493. The Morgan fingerprint density at radius 1 is 2.17 bits per heavy atom. The van der Waals surface area contributed by atoms with Gasteiger partial charge in [-0.15, -0.1) is 0 Å². The van der Waals surface area contributed by atoms with Gasteiger partial charge in [0.1, 0.15) is 0 Å². The maximum atomic E-state index is 6.98. The van der Waals surface area contributed by atoms with Crippen molar-refractivity contribution in [1.82, 2.24) is 10.2 Å². The van der Waals surface area contributed by atoms with E-state index in [2.05, 4.69) is 10.2 Å². The summed E-state index contributed by atoms with van der Waals surface area (Å²) < 4.78 is 6.98. The summed E-state index contributed by atoms with van der Waals surface area (Å²) in [4.78, 5) is 0. The van der Waals surface area contributed by atoms with E-state index in [0.29, 0.717) is 6.17 Å². The topological polar surface area (TPSA) is 28.7 Å². The van der Waals surface area contributed by atoms with Gasteiger partial charge < -0.3 is 0 Å². The number of aromatic amines is 1. The van der Waals surface area contributed by atoms with Gasteiger partial charge in [0, 0.05) is 6.17 Å². The molecule has 0 aliphatic carbocycles. The van der Waals surface area contributed by atoms with Crippen LogP contribution in [0.2, 0.25) is 0 Å². The minimum absolute atomic E-state index is 0.403. The zero-order chi connectivity index (χ0) is 5.28.